The van der Waals surface area contributed by atoms with E-state index >= 15 is 0 Å². The summed E-state index contributed by atoms with van der Waals surface area (Å²) in [5.41, 5.74) is 1.74. The van der Waals surface area contributed by atoms with Crippen LogP contribution in [0.5, 0.6) is 5.75 Å². The zero-order valence-corrected chi connectivity index (χ0v) is 12.0. The number of piperidine rings is 1. The van der Waals surface area contributed by atoms with Gasteiger partial charge in [0.15, 0.2) is 0 Å². The van der Waals surface area contributed by atoms with Crippen LogP contribution in [-0.4, -0.2) is 41.1 Å². The van der Waals surface area contributed by atoms with Gasteiger partial charge in [0.1, 0.15) is 5.75 Å². The van der Waals surface area contributed by atoms with Crippen LogP contribution in [0.15, 0.2) is 18.2 Å². The molecule has 0 aromatic heterocycles. The minimum absolute atomic E-state index is 0.0129. The van der Waals surface area contributed by atoms with Gasteiger partial charge in [-0.1, -0.05) is 0 Å². The van der Waals surface area contributed by atoms with Gasteiger partial charge in [0.2, 0.25) is 0 Å². The quantitative estimate of drug-likeness (QED) is 0.903. The predicted octanol–water partition coefficient (Wildman–Crippen LogP) is 1.95. The van der Waals surface area contributed by atoms with Gasteiger partial charge in [-0.3, -0.25) is 9.59 Å². The zero-order chi connectivity index (χ0) is 15.0. The van der Waals surface area contributed by atoms with Crippen molar-refractivity contribution < 1.29 is 19.4 Å². The molecule has 112 valence electrons. The molecular weight excluding hydrogens is 270 g/mol. The van der Waals surface area contributed by atoms with Crippen LogP contribution in [0.3, 0.4) is 0 Å². The molecule has 2 atom stereocenters. The van der Waals surface area contributed by atoms with Crippen LogP contribution < -0.4 is 4.74 Å². The highest BCUT2D eigenvalue weighted by Gasteiger charge is 2.32. The SMILES string of the molecule is CC1CC(C(=O)O)CCN1C(=O)c1ccc2c(c1)CCO2. The lowest BCUT2D eigenvalue weighted by Crippen LogP contribution is -2.46. The third kappa shape index (κ3) is 2.60. The summed E-state index contributed by atoms with van der Waals surface area (Å²) in [7, 11) is 0. The van der Waals surface area contributed by atoms with Crippen molar-refractivity contribution in [3.63, 3.8) is 0 Å². The number of hydrogen-bond acceptors (Lipinski definition) is 3. The molecule has 1 N–H and O–H groups in total. The van der Waals surface area contributed by atoms with Crippen molar-refractivity contribution >= 4 is 11.9 Å². The van der Waals surface area contributed by atoms with Crippen molar-refractivity contribution in [2.75, 3.05) is 13.2 Å². The number of hydrogen-bond donors (Lipinski definition) is 1. The van der Waals surface area contributed by atoms with Gasteiger partial charge < -0.3 is 14.7 Å². The lowest BCUT2D eigenvalue weighted by atomic mass is 9.91. The lowest BCUT2D eigenvalue weighted by Gasteiger charge is -2.36. The van der Waals surface area contributed by atoms with Crippen molar-refractivity contribution in [3.05, 3.63) is 29.3 Å². The second-order valence-electron chi connectivity index (χ2n) is 5.83. The number of carbonyl (C=O) groups is 2. The first-order chi connectivity index (χ1) is 10.1. The second kappa shape index (κ2) is 5.39. The smallest absolute Gasteiger partial charge is 0.306 e. The molecule has 2 aliphatic rings. The maximum Gasteiger partial charge on any atom is 0.306 e. The van der Waals surface area contributed by atoms with E-state index < -0.39 is 5.97 Å². The van der Waals surface area contributed by atoms with E-state index in [1.54, 1.807) is 11.0 Å². The molecule has 1 aromatic rings. The maximum atomic E-state index is 12.6. The fourth-order valence-electron chi connectivity index (χ4n) is 3.18. The summed E-state index contributed by atoms with van der Waals surface area (Å²) in [5.74, 6) is -0.244. The standard InChI is InChI=1S/C16H19NO4/c1-10-8-13(16(19)20)4-6-17(10)15(18)12-2-3-14-11(9-12)5-7-21-14/h2-3,9-10,13H,4-8H2,1H3,(H,19,20). The topological polar surface area (TPSA) is 66.8 Å². The molecule has 1 saturated heterocycles. The molecule has 0 radical (unpaired) electrons. The molecule has 0 saturated carbocycles. The monoisotopic (exact) mass is 289 g/mol. The van der Waals surface area contributed by atoms with E-state index in [0.29, 0.717) is 31.6 Å². The number of amides is 1. The lowest BCUT2D eigenvalue weighted by molar-refractivity contribution is -0.143. The van der Waals surface area contributed by atoms with E-state index in [0.717, 1.165) is 17.7 Å². The molecule has 1 aromatic carbocycles. The average Bonchev–Trinajstić information content (AvgIpc) is 2.93. The van der Waals surface area contributed by atoms with Crippen LogP contribution in [0.25, 0.3) is 0 Å². The molecule has 2 heterocycles. The second-order valence-corrected chi connectivity index (χ2v) is 5.83. The number of rotatable bonds is 2. The Hall–Kier alpha value is -2.04. The first kappa shape index (κ1) is 13.9. The van der Waals surface area contributed by atoms with Gasteiger partial charge >= 0.3 is 5.97 Å². The Morgan fingerprint density at radius 2 is 2.19 bits per heavy atom. The molecular formula is C16H19NO4. The molecule has 0 bridgehead atoms. The summed E-state index contributed by atoms with van der Waals surface area (Å²) < 4.78 is 5.45. The number of likely N-dealkylation sites (tertiary alicyclic amines) is 1. The molecule has 21 heavy (non-hydrogen) atoms. The summed E-state index contributed by atoms with van der Waals surface area (Å²) in [5, 5.41) is 9.09. The minimum Gasteiger partial charge on any atom is -0.493 e. The summed E-state index contributed by atoms with van der Waals surface area (Å²) in [4.78, 5) is 25.5. The largest absolute Gasteiger partial charge is 0.493 e. The number of aliphatic carboxylic acids is 1. The van der Waals surface area contributed by atoms with Gasteiger partial charge in [0.25, 0.3) is 5.91 Å². The molecule has 5 nitrogen and oxygen atoms in total. The van der Waals surface area contributed by atoms with Gasteiger partial charge in [-0.2, -0.15) is 0 Å². The Labute approximate surface area is 123 Å². The maximum absolute atomic E-state index is 12.6. The molecule has 5 heteroatoms. The average molecular weight is 289 g/mol. The summed E-state index contributed by atoms with van der Waals surface area (Å²) >= 11 is 0. The predicted molar refractivity (Wildman–Crippen MR) is 76.5 cm³/mol. The Morgan fingerprint density at radius 1 is 1.38 bits per heavy atom. The van der Waals surface area contributed by atoms with E-state index in [9.17, 15) is 9.59 Å². The number of ether oxygens (including phenoxy) is 1. The fraction of sp³-hybridized carbons (Fsp3) is 0.500. The number of carbonyl (C=O) groups excluding carboxylic acids is 1. The Balaban J connectivity index is 1.75. The highest BCUT2D eigenvalue weighted by Crippen LogP contribution is 2.28. The molecule has 3 rings (SSSR count). The van der Waals surface area contributed by atoms with Crippen molar-refractivity contribution in [2.24, 2.45) is 5.92 Å². The van der Waals surface area contributed by atoms with Gasteiger partial charge in [0.05, 0.1) is 12.5 Å². The van der Waals surface area contributed by atoms with E-state index in [1.807, 2.05) is 19.1 Å². The molecule has 0 aliphatic carbocycles. The van der Waals surface area contributed by atoms with Crippen LogP contribution in [0.2, 0.25) is 0 Å². The van der Waals surface area contributed by atoms with Crippen LogP contribution in [-0.2, 0) is 11.2 Å². The Kier molecular flexibility index (Phi) is 3.57. The molecule has 2 aliphatic heterocycles. The first-order valence-electron chi connectivity index (χ1n) is 7.36. The number of nitrogens with zero attached hydrogens (tertiary/aromatic N) is 1. The fourth-order valence-corrected chi connectivity index (χ4v) is 3.18. The van der Waals surface area contributed by atoms with Gasteiger partial charge in [-0.05, 0) is 43.5 Å². The number of carboxylic acid groups (broad SMARTS) is 1. The van der Waals surface area contributed by atoms with Gasteiger partial charge in [-0.15, -0.1) is 0 Å². The van der Waals surface area contributed by atoms with Gasteiger partial charge in [-0.25, -0.2) is 0 Å². The van der Waals surface area contributed by atoms with Crippen LogP contribution in [0.1, 0.15) is 35.7 Å². The normalized spacial score (nSPS) is 24.3. The highest BCUT2D eigenvalue weighted by atomic mass is 16.5. The van der Waals surface area contributed by atoms with Crippen molar-refractivity contribution in [2.45, 2.75) is 32.2 Å². The van der Waals surface area contributed by atoms with Crippen molar-refractivity contribution in [1.82, 2.24) is 4.90 Å². The van der Waals surface area contributed by atoms with Crippen LogP contribution in [0, 0.1) is 5.92 Å². The zero-order valence-electron chi connectivity index (χ0n) is 12.0. The van der Waals surface area contributed by atoms with E-state index in [1.165, 1.54) is 0 Å². The van der Waals surface area contributed by atoms with E-state index in [2.05, 4.69) is 0 Å². The molecule has 0 spiro atoms. The van der Waals surface area contributed by atoms with Crippen molar-refractivity contribution in [3.8, 4) is 5.75 Å². The third-order valence-electron chi connectivity index (χ3n) is 4.42. The van der Waals surface area contributed by atoms with Gasteiger partial charge in [0, 0.05) is 24.6 Å². The highest BCUT2D eigenvalue weighted by molar-refractivity contribution is 5.95. The van der Waals surface area contributed by atoms with E-state index in [-0.39, 0.29) is 17.9 Å². The number of fused-ring (bicyclic) bond motifs is 1. The van der Waals surface area contributed by atoms with E-state index in [4.69, 9.17) is 9.84 Å². The van der Waals surface area contributed by atoms with Crippen LogP contribution >= 0.6 is 0 Å². The van der Waals surface area contributed by atoms with Crippen molar-refractivity contribution in [1.29, 1.82) is 0 Å². The minimum atomic E-state index is -0.761. The molecule has 1 fully saturated rings. The third-order valence-corrected chi connectivity index (χ3v) is 4.42. The summed E-state index contributed by atoms with van der Waals surface area (Å²) in [6.45, 7) is 3.10. The Morgan fingerprint density at radius 3 is 2.90 bits per heavy atom. The summed E-state index contributed by atoms with van der Waals surface area (Å²) in [6.07, 6.45) is 1.89. The molecule has 2 unspecified atom stereocenters. The number of carboxylic acids is 1. The first-order valence-corrected chi connectivity index (χ1v) is 7.36. The summed E-state index contributed by atoms with van der Waals surface area (Å²) in [6, 6.07) is 5.50. The van der Waals surface area contributed by atoms with Crippen LogP contribution in [0.4, 0.5) is 0 Å². The molecule has 1 amide bonds. The number of benzene rings is 1. The Bertz CT molecular complexity index is 584.